The lowest BCUT2D eigenvalue weighted by molar-refractivity contribution is -0.144. The maximum atomic E-state index is 14.1. The van der Waals surface area contributed by atoms with Crippen LogP contribution in [0.25, 0.3) is 11.1 Å². The number of benzene rings is 2. The van der Waals surface area contributed by atoms with Gasteiger partial charge in [0.25, 0.3) is 0 Å². The fraction of sp³-hybridized carbons (Fsp3) is 0.500. The van der Waals surface area contributed by atoms with Crippen LogP contribution >= 0.6 is 11.6 Å². The van der Waals surface area contributed by atoms with Crippen LogP contribution in [0.1, 0.15) is 81.7 Å². The van der Waals surface area contributed by atoms with Gasteiger partial charge >= 0.3 is 5.97 Å². The van der Waals surface area contributed by atoms with E-state index in [0.29, 0.717) is 60.9 Å². The number of carbonyl (C=O) groups excluding carboxylic acids is 1. The largest absolute Gasteiger partial charge is 0.495 e. The van der Waals surface area contributed by atoms with Crippen molar-refractivity contribution in [1.82, 2.24) is 9.78 Å². The van der Waals surface area contributed by atoms with E-state index in [1.54, 1.807) is 7.11 Å². The Labute approximate surface area is 252 Å². The lowest BCUT2D eigenvalue weighted by atomic mass is 9.78. The number of rotatable bonds is 9. The average Bonchev–Trinajstić information content (AvgIpc) is 3.75. The average molecular weight is 590 g/mol. The molecule has 3 aliphatic carbocycles. The van der Waals surface area contributed by atoms with E-state index >= 15 is 0 Å². The summed E-state index contributed by atoms with van der Waals surface area (Å²) in [4.78, 5) is 27.7. The lowest BCUT2D eigenvalue weighted by Gasteiger charge is -2.36. The second-order valence-electron chi connectivity index (χ2n) is 12.4. The Morgan fingerprint density at radius 3 is 2.36 bits per heavy atom. The number of aliphatic carboxylic acids is 1. The van der Waals surface area contributed by atoms with Crippen LogP contribution in [0.2, 0.25) is 5.02 Å². The Morgan fingerprint density at radius 1 is 0.952 bits per heavy atom. The Kier molecular flexibility index (Phi) is 8.57. The van der Waals surface area contributed by atoms with Crippen LogP contribution in [0, 0.1) is 17.8 Å². The number of carboxylic acids is 1. The molecule has 42 heavy (non-hydrogen) atoms. The number of anilines is 1. The third-order valence-electron chi connectivity index (χ3n) is 9.64. The van der Waals surface area contributed by atoms with E-state index in [2.05, 4.69) is 34.2 Å². The zero-order valence-electron chi connectivity index (χ0n) is 24.3. The van der Waals surface area contributed by atoms with Crippen LogP contribution < -0.4 is 9.64 Å². The van der Waals surface area contributed by atoms with Crippen LogP contribution in [0.15, 0.2) is 54.9 Å². The normalized spacial score (nSPS) is 24.2. The number of hydrogen-bond acceptors (Lipinski definition) is 4. The molecule has 2 aromatic carbocycles. The van der Waals surface area contributed by atoms with Gasteiger partial charge in [0, 0.05) is 29.9 Å². The molecule has 0 atom stereocenters. The van der Waals surface area contributed by atoms with Crippen molar-refractivity contribution in [2.75, 3.05) is 18.6 Å². The number of carboxylic acid groups (broad SMARTS) is 1. The number of nitrogens with zero attached hydrogens (tertiary/aromatic N) is 3. The van der Waals surface area contributed by atoms with E-state index in [-0.39, 0.29) is 17.7 Å². The number of ether oxygens (including phenoxy) is 1. The van der Waals surface area contributed by atoms with Gasteiger partial charge in [0.1, 0.15) is 5.75 Å². The van der Waals surface area contributed by atoms with Crippen molar-refractivity contribution < 1.29 is 19.4 Å². The first-order valence-corrected chi connectivity index (χ1v) is 15.8. The maximum Gasteiger partial charge on any atom is 0.306 e. The Morgan fingerprint density at radius 2 is 1.69 bits per heavy atom. The first-order valence-electron chi connectivity index (χ1n) is 15.4. The van der Waals surface area contributed by atoms with Crippen LogP contribution in [-0.4, -0.2) is 40.4 Å². The van der Waals surface area contributed by atoms with Crippen LogP contribution in [0.5, 0.6) is 5.75 Å². The van der Waals surface area contributed by atoms with Crippen LogP contribution in [0.4, 0.5) is 5.69 Å². The summed E-state index contributed by atoms with van der Waals surface area (Å²) in [5, 5.41) is 14.7. The molecule has 8 heteroatoms. The minimum absolute atomic E-state index is 0.133. The monoisotopic (exact) mass is 589 g/mol. The molecule has 3 aliphatic rings. The number of hydrogen-bond donors (Lipinski definition) is 1. The Hall–Kier alpha value is -3.32. The fourth-order valence-electron chi connectivity index (χ4n) is 6.88. The van der Waals surface area contributed by atoms with Gasteiger partial charge in [0.05, 0.1) is 30.3 Å². The SMILES string of the molecule is COc1ccc([C@H]2CC[C@H](CN(c3cccc(-c4cnn(C5CC5)c4)c3)C(=O)[C@H]3CC[C@H](C(=O)O)CC3)CC2)cc1Cl. The zero-order chi connectivity index (χ0) is 29.2. The predicted octanol–water partition coefficient (Wildman–Crippen LogP) is 7.75. The molecule has 1 amide bonds. The summed E-state index contributed by atoms with van der Waals surface area (Å²) < 4.78 is 7.38. The van der Waals surface area contributed by atoms with Gasteiger partial charge < -0.3 is 14.7 Å². The zero-order valence-corrected chi connectivity index (χ0v) is 25.0. The van der Waals surface area contributed by atoms with Gasteiger partial charge in [-0.1, -0.05) is 29.8 Å². The third-order valence-corrected chi connectivity index (χ3v) is 9.94. The van der Waals surface area contributed by atoms with Gasteiger partial charge in [-0.3, -0.25) is 14.3 Å². The van der Waals surface area contributed by atoms with Gasteiger partial charge in [-0.25, -0.2) is 0 Å². The van der Waals surface area contributed by atoms with Crippen molar-refractivity contribution in [3.63, 3.8) is 0 Å². The molecule has 3 fully saturated rings. The minimum atomic E-state index is -0.743. The summed E-state index contributed by atoms with van der Waals surface area (Å²) in [5.74, 6) is 0.459. The highest BCUT2D eigenvalue weighted by Crippen LogP contribution is 2.40. The molecule has 0 aliphatic heterocycles. The molecule has 3 aromatic rings. The highest BCUT2D eigenvalue weighted by molar-refractivity contribution is 6.32. The van der Waals surface area contributed by atoms with Gasteiger partial charge in [0.2, 0.25) is 5.91 Å². The first kappa shape index (κ1) is 28.8. The van der Waals surface area contributed by atoms with Crippen LogP contribution in [-0.2, 0) is 9.59 Å². The standard InChI is InChI=1S/C34H40ClN3O4/c1-42-32-16-13-27(18-31(32)35)23-7-5-22(6-8-23)20-37(33(39)24-9-11-25(12-10-24)34(40)41)30-4-2-3-26(17-30)28-19-36-38(21-28)29-14-15-29/h2-4,13,16-19,21-25,29H,5-12,14-15,20H2,1H3,(H,40,41)/t22-,23-,24-,25-. The molecule has 0 unspecified atom stereocenters. The molecule has 7 nitrogen and oxygen atoms in total. The number of amides is 1. The van der Waals surface area contributed by atoms with Crippen molar-refractivity contribution in [3.8, 4) is 16.9 Å². The number of methoxy groups -OCH3 is 1. The molecule has 1 heterocycles. The molecular formula is C34H40ClN3O4. The smallest absolute Gasteiger partial charge is 0.306 e. The summed E-state index contributed by atoms with van der Waals surface area (Å²) in [7, 11) is 1.63. The topological polar surface area (TPSA) is 84.7 Å². The summed E-state index contributed by atoms with van der Waals surface area (Å²) in [6, 6.07) is 14.9. The second-order valence-corrected chi connectivity index (χ2v) is 12.8. The van der Waals surface area contributed by atoms with E-state index in [1.807, 2.05) is 35.4 Å². The van der Waals surface area contributed by atoms with E-state index in [9.17, 15) is 14.7 Å². The first-order chi connectivity index (χ1) is 20.4. The van der Waals surface area contributed by atoms with Gasteiger partial charge in [0.15, 0.2) is 0 Å². The molecule has 222 valence electrons. The highest BCUT2D eigenvalue weighted by atomic mass is 35.5. The maximum absolute atomic E-state index is 14.1. The minimum Gasteiger partial charge on any atom is -0.495 e. The fourth-order valence-corrected chi connectivity index (χ4v) is 7.15. The summed E-state index contributed by atoms with van der Waals surface area (Å²) in [6.07, 6.45) is 13.0. The molecule has 0 saturated heterocycles. The molecule has 0 spiro atoms. The number of carbonyl (C=O) groups is 2. The van der Waals surface area contributed by atoms with E-state index in [1.165, 1.54) is 18.4 Å². The molecule has 1 N–H and O–H groups in total. The molecule has 0 radical (unpaired) electrons. The molecule has 6 rings (SSSR count). The molecule has 0 bridgehead atoms. The molecule has 1 aromatic heterocycles. The third kappa shape index (κ3) is 6.36. The highest BCUT2D eigenvalue weighted by Gasteiger charge is 2.34. The molecular weight excluding hydrogens is 550 g/mol. The summed E-state index contributed by atoms with van der Waals surface area (Å²) >= 11 is 6.42. The quantitative estimate of drug-likeness (QED) is 0.276. The Balaban J connectivity index is 1.19. The van der Waals surface area contributed by atoms with Gasteiger partial charge in [-0.05, 0) is 111 Å². The lowest BCUT2D eigenvalue weighted by Crippen LogP contribution is -2.41. The number of aromatic nitrogens is 2. The van der Waals surface area contributed by atoms with E-state index < -0.39 is 5.97 Å². The predicted molar refractivity (Wildman–Crippen MR) is 164 cm³/mol. The van der Waals surface area contributed by atoms with Crippen LogP contribution in [0.3, 0.4) is 0 Å². The second kappa shape index (κ2) is 12.5. The Bertz CT molecular complexity index is 1420. The molecule has 3 saturated carbocycles. The summed E-state index contributed by atoms with van der Waals surface area (Å²) in [5.41, 5.74) is 4.30. The van der Waals surface area contributed by atoms with Gasteiger partial charge in [-0.15, -0.1) is 0 Å². The van der Waals surface area contributed by atoms with E-state index in [0.717, 1.165) is 42.5 Å². The summed E-state index contributed by atoms with van der Waals surface area (Å²) in [6.45, 7) is 0.679. The van der Waals surface area contributed by atoms with Crippen molar-refractivity contribution in [2.24, 2.45) is 17.8 Å². The van der Waals surface area contributed by atoms with Crippen molar-refractivity contribution in [3.05, 3.63) is 65.4 Å². The van der Waals surface area contributed by atoms with Crippen molar-refractivity contribution in [2.45, 2.75) is 76.2 Å². The van der Waals surface area contributed by atoms with Gasteiger partial charge in [-0.2, -0.15) is 5.10 Å². The van der Waals surface area contributed by atoms with E-state index in [4.69, 9.17) is 16.3 Å². The van der Waals surface area contributed by atoms with Crippen molar-refractivity contribution in [1.29, 1.82) is 0 Å². The number of halogens is 1. The van der Waals surface area contributed by atoms with Crippen molar-refractivity contribution >= 4 is 29.2 Å².